The molecule has 1 heterocycles. The first kappa shape index (κ1) is 17.2. The molecule has 6 nitrogen and oxygen atoms in total. The van der Waals surface area contributed by atoms with Gasteiger partial charge in [0.2, 0.25) is 10.0 Å². The predicted octanol–water partition coefficient (Wildman–Crippen LogP) is 2.29. The molecule has 0 bridgehead atoms. The van der Waals surface area contributed by atoms with Gasteiger partial charge in [0.15, 0.2) is 0 Å². The van der Waals surface area contributed by atoms with E-state index in [1.165, 1.54) is 30.5 Å². The molecule has 0 saturated carbocycles. The summed E-state index contributed by atoms with van der Waals surface area (Å²) in [5, 5.41) is 2.79. The Hall–Kier alpha value is -2.12. The van der Waals surface area contributed by atoms with Gasteiger partial charge in [0.05, 0.1) is 17.7 Å². The quantitative estimate of drug-likeness (QED) is 0.724. The van der Waals surface area contributed by atoms with Crippen molar-refractivity contribution in [1.29, 1.82) is 0 Å². The van der Waals surface area contributed by atoms with Gasteiger partial charge in [0, 0.05) is 12.1 Å². The van der Waals surface area contributed by atoms with Crippen LogP contribution in [0.3, 0.4) is 0 Å². The maximum absolute atomic E-state index is 12.2. The number of carbonyl (C=O) groups excluding carboxylic acids is 1. The second-order valence-electron chi connectivity index (χ2n) is 5.04. The molecule has 0 fully saturated rings. The number of hydrogen-bond donors (Lipinski definition) is 2. The molecule has 1 aromatic heterocycles. The van der Waals surface area contributed by atoms with Gasteiger partial charge in [-0.25, -0.2) is 13.1 Å². The summed E-state index contributed by atoms with van der Waals surface area (Å²) >= 11 is 0. The molecule has 0 aliphatic heterocycles. The van der Waals surface area contributed by atoms with Crippen LogP contribution in [0.1, 0.15) is 35.9 Å². The van der Waals surface area contributed by atoms with E-state index in [0.29, 0.717) is 17.9 Å². The summed E-state index contributed by atoms with van der Waals surface area (Å²) in [6.07, 6.45) is 3.39. The number of amides is 1. The lowest BCUT2D eigenvalue weighted by Gasteiger charge is -2.07. The van der Waals surface area contributed by atoms with Crippen LogP contribution in [-0.2, 0) is 16.6 Å². The average Bonchev–Trinajstić information content (AvgIpc) is 3.07. The lowest BCUT2D eigenvalue weighted by molar-refractivity contribution is 0.0953. The minimum absolute atomic E-state index is 0.0780. The first-order valence-electron chi connectivity index (χ1n) is 7.43. The maximum atomic E-state index is 12.2. The first-order chi connectivity index (χ1) is 11.0. The van der Waals surface area contributed by atoms with Crippen molar-refractivity contribution < 1.29 is 17.6 Å². The van der Waals surface area contributed by atoms with E-state index in [1.54, 1.807) is 12.1 Å². The SMILES string of the molecule is CCCCNC(=O)c1ccc(S(=O)(=O)NCc2ccco2)cc1. The van der Waals surface area contributed by atoms with E-state index >= 15 is 0 Å². The summed E-state index contributed by atoms with van der Waals surface area (Å²) < 4.78 is 31.9. The molecule has 2 N–H and O–H groups in total. The fourth-order valence-corrected chi connectivity index (χ4v) is 2.92. The van der Waals surface area contributed by atoms with Crippen LogP contribution in [0.25, 0.3) is 0 Å². The van der Waals surface area contributed by atoms with Crippen LogP contribution in [0, 0.1) is 0 Å². The third-order valence-corrected chi connectivity index (χ3v) is 4.68. The third kappa shape index (κ3) is 4.94. The Balaban J connectivity index is 1.98. The molecule has 0 aliphatic rings. The van der Waals surface area contributed by atoms with Gasteiger partial charge < -0.3 is 9.73 Å². The molecule has 0 radical (unpaired) electrons. The number of hydrogen-bond acceptors (Lipinski definition) is 4. The molecule has 7 heteroatoms. The molecule has 124 valence electrons. The van der Waals surface area contributed by atoms with Crippen molar-refractivity contribution in [1.82, 2.24) is 10.0 Å². The first-order valence-corrected chi connectivity index (χ1v) is 8.91. The lowest BCUT2D eigenvalue weighted by atomic mass is 10.2. The maximum Gasteiger partial charge on any atom is 0.251 e. The highest BCUT2D eigenvalue weighted by molar-refractivity contribution is 7.89. The van der Waals surface area contributed by atoms with Crippen molar-refractivity contribution >= 4 is 15.9 Å². The van der Waals surface area contributed by atoms with E-state index in [4.69, 9.17) is 4.42 Å². The van der Waals surface area contributed by atoms with E-state index in [1.807, 2.05) is 6.92 Å². The second-order valence-corrected chi connectivity index (χ2v) is 6.80. The van der Waals surface area contributed by atoms with Crippen molar-refractivity contribution in [3.05, 3.63) is 54.0 Å². The Bertz CT molecular complexity index is 722. The Morgan fingerprint density at radius 3 is 2.52 bits per heavy atom. The molecule has 23 heavy (non-hydrogen) atoms. The molecule has 1 aromatic carbocycles. The topological polar surface area (TPSA) is 88.4 Å². The minimum Gasteiger partial charge on any atom is -0.468 e. The highest BCUT2D eigenvalue weighted by Gasteiger charge is 2.15. The van der Waals surface area contributed by atoms with Crippen molar-refractivity contribution in [3.63, 3.8) is 0 Å². The monoisotopic (exact) mass is 336 g/mol. The fraction of sp³-hybridized carbons (Fsp3) is 0.312. The number of nitrogens with one attached hydrogen (secondary N) is 2. The smallest absolute Gasteiger partial charge is 0.251 e. The highest BCUT2D eigenvalue weighted by atomic mass is 32.2. The van der Waals surface area contributed by atoms with Crippen molar-refractivity contribution in [2.45, 2.75) is 31.2 Å². The van der Waals surface area contributed by atoms with E-state index < -0.39 is 10.0 Å². The molecular weight excluding hydrogens is 316 g/mol. The standard InChI is InChI=1S/C16H20N2O4S/c1-2-3-10-17-16(19)13-6-8-15(9-7-13)23(20,21)18-12-14-5-4-11-22-14/h4-9,11,18H,2-3,10,12H2,1H3,(H,17,19). The van der Waals surface area contributed by atoms with Crippen molar-refractivity contribution in [3.8, 4) is 0 Å². The molecular formula is C16H20N2O4S. The summed E-state index contributed by atoms with van der Waals surface area (Å²) in [4.78, 5) is 12.0. The molecule has 0 saturated heterocycles. The van der Waals surface area contributed by atoms with Gasteiger partial charge in [-0.1, -0.05) is 13.3 Å². The van der Waals surface area contributed by atoms with Crippen LogP contribution in [-0.4, -0.2) is 20.9 Å². The van der Waals surface area contributed by atoms with Gasteiger partial charge in [-0.2, -0.15) is 0 Å². The number of sulfonamides is 1. The Morgan fingerprint density at radius 1 is 1.17 bits per heavy atom. The largest absolute Gasteiger partial charge is 0.468 e. The van der Waals surface area contributed by atoms with Crippen LogP contribution in [0.15, 0.2) is 52.0 Å². The van der Waals surface area contributed by atoms with Crippen LogP contribution in [0.4, 0.5) is 0 Å². The third-order valence-electron chi connectivity index (χ3n) is 3.26. The van der Waals surface area contributed by atoms with Crippen molar-refractivity contribution in [2.75, 3.05) is 6.54 Å². The minimum atomic E-state index is -3.64. The van der Waals surface area contributed by atoms with E-state index in [-0.39, 0.29) is 17.3 Å². The summed E-state index contributed by atoms with van der Waals surface area (Å²) in [5.74, 6) is 0.325. The van der Waals surface area contributed by atoms with E-state index in [2.05, 4.69) is 10.0 Å². The van der Waals surface area contributed by atoms with Gasteiger partial charge in [-0.3, -0.25) is 4.79 Å². The summed E-state index contributed by atoms with van der Waals surface area (Å²) in [6.45, 7) is 2.73. The highest BCUT2D eigenvalue weighted by Crippen LogP contribution is 2.11. The summed E-state index contributed by atoms with van der Waals surface area (Å²) in [7, 11) is -3.64. The van der Waals surface area contributed by atoms with Crippen LogP contribution >= 0.6 is 0 Å². The normalized spacial score (nSPS) is 11.3. The Labute approximate surface area is 135 Å². The van der Waals surface area contributed by atoms with Crippen molar-refractivity contribution in [2.24, 2.45) is 0 Å². The number of rotatable bonds is 8. The number of furan rings is 1. The lowest BCUT2D eigenvalue weighted by Crippen LogP contribution is -2.25. The van der Waals surface area contributed by atoms with E-state index in [9.17, 15) is 13.2 Å². The zero-order valence-corrected chi connectivity index (χ0v) is 13.7. The predicted molar refractivity (Wildman–Crippen MR) is 86.4 cm³/mol. The molecule has 2 aromatic rings. The van der Waals surface area contributed by atoms with Gasteiger partial charge >= 0.3 is 0 Å². The van der Waals surface area contributed by atoms with Crippen LogP contribution in [0.2, 0.25) is 0 Å². The van der Waals surface area contributed by atoms with Gasteiger partial charge in [0.25, 0.3) is 5.91 Å². The zero-order valence-electron chi connectivity index (χ0n) is 12.9. The summed E-state index contributed by atoms with van der Waals surface area (Å²) in [6, 6.07) is 9.21. The number of carbonyl (C=O) groups is 1. The van der Waals surface area contributed by atoms with Gasteiger partial charge in [-0.15, -0.1) is 0 Å². The van der Waals surface area contributed by atoms with Crippen LogP contribution in [0.5, 0.6) is 0 Å². The number of benzene rings is 1. The molecule has 0 unspecified atom stereocenters. The number of unbranched alkanes of at least 4 members (excludes halogenated alkanes) is 1. The fourth-order valence-electron chi connectivity index (χ4n) is 1.93. The molecule has 2 rings (SSSR count). The molecule has 0 atom stereocenters. The van der Waals surface area contributed by atoms with E-state index in [0.717, 1.165) is 12.8 Å². The van der Waals surface area contributed by atoms with Gasteiger partial charge in [0.1, 0.15) is 5.76 Å². The van der Waals surface area contributed by atoms with Crippen LogP contribution < -0.4 is 10.0 Å². The molecule has 0 spiro atoms. The second kappa shape index (κ2) is 7.94. The zero-order chi connectivity index (χ0) is 16.7. The Morgan fingerprint density at radius 2 is 1.91 bits per heavy atom. The Kier molecular flexibility index (Phi) is 5.95. The van der Waals surface area contributed by atoms with Gasteiger partial charge in [-0.05, 0) is 42.8 Å². The average molecular weight is 336 g/mol. The molecule has 0 aliphatic carbocycles. The molecule has 1 amide bonds. The summed E-state index contributed by atoms with van der Waals surface area (Å²) in [5.41, 5.74) is 0.436.